The molecule has 1 aromatic carbocycles. The Kier molecular flexibility index (Phi) is 4.29. The lowest BCUT2D eigenvalue weighted by atomic mass is 10.1. The fourth-order valence-electron chi connectivity index (χ4n) is 1.05. The van der Waals surface area contributed by atoms with Gasteiger partial charge in [-0.25, -0.2) is 4.79 Å². The van der Waals surface area contributed by atoms with Gasteiger partial charge in [0.2, 0.25) is 0 Å². The zero-order chi connectivity index (χ0) is 11.4. The Morgan fingerprint density at radius 1 is 1.60 bits per heavy atom. The fourth-order valence-corrected chi connectivity index (χ4v) is 2.00. The maximum absolute atomic E-state index is 11.5. The lowest BCUT2D eigenvalue weighted by Gasteiger charge is -2.07. The maximum atomic E-state index is 11.5. The largest absolute Gasteiger partial charge is 0.462 e. The number of rotatable bonds is 3. The molecule has 0 bridgehead atoms. The molecule has 1 aromatic rings. The number of carbonyl (C=O) groups excluding carboxylic acids is 2. The van der Waals surface area contributed by atoms with E-state index in [9.17, 15) is 9.59 Å². The molecule has 0 atom stereocenters. The highest BCUT2D eigenvalue weighted by Crippen LogP contribution is 2.28. The first-order valence-electron chi connectivity index (χ1n) is 4.22. The summed E-state index contributed by atoms with van der Waals surface area (Å²) in [5.41, 5.74) is 0.547. The molecule has 0 aliphatic rings. The summed E-state index contributed by atoms with van der Waals surface area (Å²) in [5.74, 6) is -0.543. The zero-order valence-electron chi connectivity index (χ0n) is 7.92. The maximum Gasteiger partial charge on any atom is 0.340 e. The van der Waals surface area contributed by atoms with Crippen LogP contribution in [0.2, 0.25) is 5.02 Å². The highest BCUT2D eigenvalue weighted by molar-refractivity contribution is 9.10. The average Bonchev–Trinajstić information content (AvgIpc) is 2.18. The molecule has 0 fully saturated rings. The fraction of sp³-hybridized carbons (Fsp3) is 0.200. The molecule has 5 heteroatoms. The summed E-state index contributed by atoms with van der Waals surface area (Å²) in [7, 11) is 0. The van der Waals surface area contributed by atoms with E-state index in [0.717, 1.165) is 0 Å². The van der Waals surface area contributed by atoms with Crippen molar-refractivity contribution in [3.63, 3.8) is 0 Å². The molecule has 0 heterocycles. The van der Waals surface area contributed by atoms with E-state index in [-0.39, 0.29) is 17.2 Å². The Bertz CT molecular complexity index is 404. The monoisotopic (exact) mass is 290 g/mol. The Labute approximate surface area is 100 Å². The van der Waals surface area contributed by atoms with Gasteiger partial charge in [-0.2, -0.15) is 0 Å². The van der Waals surface area contributed by atoms with Gasteiger partial charge in [-0.05, 0) is 35.0 Å². The normalized spacial score (nSPS) is 9.80. The molecule has 0 aliphatic heterocycles. The summed E-state index contributed by atoms with van der Waals surface area (Å²) in [6.07, 6.45) is 0.642. The van der Waals surface area contributed by atoms with E-state index in [4.69, 9.17) is 16.3 Å². The Balaban J connectivity index is 3.26. The molecular formula is C10H8BrClO3. The number of hydrogen-bond acceptors (Lipinski definition) is 3. The Morgan fingerprint density at radius 2 is 2.27 bits per heavy atom. The first-order valence-corrected chi connectivity index (χ1v) is 5.39. The highest BCUT2D eigenvalue weighted by atomic mass is 79.9. The number of esters is 1. The Hall–Kier alpha value is -0.870. The third-order valence-corrected chi connectivity index (χ3v) is 2.90. The van der Waals surface area contributed by atoms with Crippen LogP contribution in [0.5, 0.6) is 0 Å². The predicted octanol–water partition coefficient (Wildman–Crippen LogP) is 3.09. The van der Waals surface area contributed by atoms with Crippen LogP contribution in [0, 0.1) is 0 Å². The van der Waals surface area contributed by atoms with Gasteiger partial charge in [-0.15, -0.1) is 0 Å². The quantitative estimate of drug-likeness (QED) is 0.635. The van der Waals surface area contributed by atoms with Crippen molar-refractivity contribution in [2.24, 2.45) is 0 Å². The predicted molar refractivity (Wildman–Crippen MR) is 60.5 cm³/mol. The van der Waals surface area contributed by atoms with E-state index in [1.165, 1.54) is 12.1 Å². The van der Waals surface area contributed by atoms with Crippen LogP contribution < -0.4 is 0 Å². The number of benzene rings is 1. The van der Waals surface area contributed by atoms with Crippen molar-refractivity contribution in [3.05, 3.63) is 32.8 Å². The van der Waals surface area contributed by atoms with Crippen molar-refractivity contribution in [2.45, 2.75) is 6.92 Å². The van der Waals surface area contributed by atoms with Gasteiger partial charge in [0.05, 0.1) is 17.2 Å². The molecule has 0 aliphatic carbocycles. The second-order valence-electron chi connectivity index (χ2n) is 2.66. The van der Waals surface area contributed by atoms with Gasteiger partial charge in [0.15, 0.2) is 6.29 Å². The minimum Gasteiger partial charge on any atom is -0.462 e. The van der Waals surface area contributed by atoms with E-state index in [2.05, 4.69) is 15.9 Å². The lowest BCUT2D eigenvalue weighted by molar-refractivity contribution is 0.0525. The molecule has 0 N–H and O–H groups in total. The van der Waals surface area contributed by atoms with Gasteiger partial charge in [-0.1, -0.05) is 11.6 Å². The van der Waals surface area contributed by atoms with Gasteiger partial charge in [-0.3, -0.25) is 4.79 Å². The van der Waals surface area contributed by atoms with E-state index in [0.29, 0.717) is 16.3 Å². The summed E-state index contributed by atoms with van der Waals surface area (Å²) < 4.78 is 5.18. The molecule has 15 heavy (non-hydrogen) atoms. The van der Waals surface area contributed by atoms with Gasteiger partial charge < -0.3 is 4.74 Å². The lowest BCUT2D eigenvalue weighted by Crippen LogP contribution is -2.07. The van der Waals surface area contributed by atoms with Crippen LogP contribution in [-0.2, 0) is 4.74 Å². The topological polar surface area (TPSA) is 43.4 Å². The summed E-state index contributed by atoms with van der Waals surface area (Å²) in [5, 5.41) is 0.255. The summed E-state index contributed by atoms with van der Waals surface area (Å²) in [4.78, 5) is 22.1. The Morgan fingerprint density at radius 3 is 2.80 bits per heavy atom. The summed E-state index contributed by atoms with van der Waals surface area (Å²) >= 11 is 8.99. The molecule has 3 nitrogen and oxygen atoms in total. The van der Waals surface area contributed by atoms with E-state index >= 15 is 0 Å². The molecule has 0 spiro atoms. The second kappa shape index (κ2) is 5.28. The first-order chi connectivity index (χ1) is 7.11. The number of hydrogen-bond donors (Lipinski definition) is 0. The van der Waals surface area contributed by atoms with Crippen LogP contribution in [0.3, 0.4) is 0 Å². The van der Waals surface area contributed by atoms with Crippen LogP contribution in [-0.4, -0.2) is 18.9 Å². The SMILES string of the molecule is CCOC(=O)c1c(Cl)ccc(C=O)c1Br. The smallest absolute Gasteiger partial charge is 0.340 e. The molecule has 0 aromatic heterocycles. The standard InChI is InChI=1S/C10H8BrClO3/c1-2-15-10(14)8-7(12)4-3-6(5-13)9(8)11/h3-5H,2H2,1H3. The van der Waals surface area contributed by atoms with E-state index in [1.54, 1.807) is 6.92 Å². The minimum absolute atomic E-state index is 0.183. The zero-order valence-corrected chi connectivity index (χ0v) is 10.3. The molecular weight excluding hydrogens is 283 g/mol. The molecule has 0 unspecified atom stereocenters. The number of halogens is 2. The van der Waals surface area contributed by atoms with Crippen molar-refractivity contribution < 1.29 is 14.3 Å². The average molecular weight is 292 g/mol. The van der Waals surface area contributed by atoms with Crippen molar-refractivity contribution in [2.75, 3.05) is 6.61 Å². The summed E-state index contributed by atoms with van der Waals surface area (Å²) in [6, 6.07) is 3.02. The van der Waals surface area contributed by atoms with Crippen molar-refractivity contribution in [1.82, 2.24) is 0 Å². The van der Waals surface area contributed by atoms with Crippen LogP contribution in [0.25, 0.3) is 0 Å². The number of aldehydes is 1. The minimum atomic E-state index is -0.543. The second-order valence-corrected chi connectivity index (χ2v) is 3.86. The molecule has 80 valence electrons. The third kappa shape index (κ3) is 2.58. The van der Waals surface area contributed by atoms with Gasteiger partial charge in [0.1, 0.15) is 0 Å². The molecule has 0 saturated carbocycles. The third-order valence-electron chi connectivity index (χ3n) is 1.73. The van der Waals surface area contributed by atoms with Gasteiger partial charge in [0, 0.05) is 10.0 Å². The molecule has 1 rings (SSSR count). The van der Waals surface area contributed by atoms with Crippen molar-refractivity contribution in [3.8, 4) is 0 Å². The van der Waals surface area contributed by atoms with Gasteiger partial charge >= 0.3 is 5.97 Å². The molecule has 0 amide bonds. The molecule has 0 radical (unpaired) electrons. The highest BCUT2D eigenvalue weighted by Gasteiger charge is 2.17. The first kappa shape index (κ1) is 12.2. The van der Waals surface area contributed by atoms with Crippen molar-refractivity contribution >= 4 is 39.8 Å². The van der Waals surface area contributed by atoms with E-state index in [1.807, 2.05) is 0 Å². The van der Waals surface area contributed by atoms with Crippen LogP contribution in [0.15, 0.2) is 16.6 Å². The molecule has 0 saturated heterocycles. The number of ether oxygens (including phenoxy) is 1. The van der Waals surface area contributed by atoms with Crippen LogP contribution >= 0.6 is 27.5 Å². The number of carbonyl (C=O) groups is 2. The van der Waals surface area contributed by atoms with Crippen LogP contribution in [0.1, 0.15) is 27.6 Å². The van der Waals surface area contributed by atoms with Crippen LogP contribution in [0.4, 0.5) is 0 Å². The van der Waals surface area contributed by atoms with Gasteiger partial charge in [0.25, 0.3) is 0 Å². The van der Waals surface area contributed by atoms with E-state index < -0.39 is 5.97 Å². The summed E-state index contributed by atoms with van der Waals surface area (Å²) in [6.45, 7) is 1.95. The van der Waals surface area contributed by atoms with Crippen molar-refractivity contribution in [1.29, 1.82) is 0 Å².